The molecule has 3 rings (SSSR count). The van der Waals surface area contributed by atoms with Gasteiger partial charge in [-0.3, -0.25) is 9.89 Å². The SMILES string of the molecule is Nc1n[nH]c2c(C(COC=O)c3ccccc3)cccc12. The summed E-state index contributed by atoms with van der Waals surface area (Å²) < 4.78 is 5.01. The van der Waals surface area contributed by atoms with Gasteiger partial charge in [-0.2, -0.15) is 5.10 Å². The molecule has 5 nitrogen and oxygen atoms in total. The first-order chi connectivity index (χ1) is 10.3. The van der Waals surface area contributed by atoms with Gasteiger partial charge in [0.2, 0.25) is 0 Å². The van der Waals surface area contributed by atoms with Crippen molar-refractivity contribution in [3.05, 3.63) is 59.7 Å². The Morgan fingerprint density at radius 2 is 2.00 bits per heavy atom. The highest BCUT2D eigenvalue weighted by atomic mass is 16.5. The number of carbonyl (C=O) groups excluding carboxylic acids is 1. The molecule has 0 bridgehead atoms. The van der Waals surface area contributed by atoms with Crippen molar-refractivity contribution in [3.8, 4) is 0 Å². The van der Waals surface area contributed by atoms with Crippen LogP contribution in [0.2, 0.25) is 0 Å². The van der Waals surface area contributed by atoms with Gasteiger partial charge in [0.05, 0.1) is 5.52 Å². The van der Waals surface area contributed by atoms with E-state index in [9.17, 15) is 4.79 Å². The van der Waals surface area contributed by atoms with E-state index in [4.69, 9.17) is 10.5 Å². The molecule has 0 radical (unpaired) electrons. The number of para-hydroxylation sites is 1. The Balaban J connectivity index is 2.12. The fourth-order valence-electron chi connectivity index (χ4n) is 2.56. The summed E-state index contributed by atoms with van der Waals surface area (Å²) in [5, 5.41) is 7.89. The highest BCUT2D eigenvalue weighted by Crippen LogP contribution is 2.31. The average Bonchev–Trinajstić information content (AvgIpc) is 2.91. The van der Waals surface area contributed by atoms with Gasteiger partial charge in [0.1, 0.15) is 6.61 Å². The molecule has 0 amide bonds. The summed E-state index contributed by atoms with van der Waals surface area (Å²) in [5.41, 5.74) is 8.80. The van der Waals surface area contributed by atoms with Crippen LogP contribution < -0.4 is 5.73 Å². The van der Waals surface area contributed by atoms with Gasteiger partial charge in [0, 0.05) is 11.3 Å². The molecule has 2 aromatic carbocycles. The minimum atomic E-state index is -0.0695. The van der Waals surface area contributed by atoms with Gasteiger partial charge in [-0.25, -0.2) is 0 Å². The van der Waals surface area contributed by atoms with Gasteiger partial charge < -0.3 is 10.5 Å². The van der Waals surface area contributed by atoms with Gasteiger partial charge in [0.25, 0.3) is 6.47 Å². The van der Waals surface area contributed by atoms with Gasteiger partial charge in [-0.15, -0.1) is 0 Å². The number of aromatic nitrogens is 2. The van der Waals surface area contributed by atoms with Gasteiger partial charge >= 0.3 is 0 Å². The molecule has 0 fully saturated rings. The van der Waals surface area contributed by atoms with Crippen LogP contribution in [0.1, 0.15) is 17.0 Å². The molecule has 0 aliphatic heterocycles. The van der Waals surface area contributed by atoms with Crippen LogP contribution in [0.15, 0.2) is 48.5 Å². The summed E-state index contributed by atoms with van der Waals surface area (Å²) in [4.78, 5) is 10.6. The Morgan fingerprint density at radius 1 is 1.19 bits per heavy atom. The van der Waals surface area contributed by atoms with E-state index in [-0.39, 0.29) is 12.5 Å². The molecule has 5 heteroatoms. The molecule has 1 heterocycles. The number of benzene rings is 2. The van der Waals surface area contributed by atoms with E-state index in [1.807, 2.05) is 48.5 Å². The lowest BCUT2D eigenvalue weighted by molar-refractivity contribution is -0.128. The Labute approximate surface area is 121 Å². The van der Waals surface area contributed by atoms with Gasteiger partial charge in [0.15, 0.2) is 5.82 Å². The molecule has 0 aliphatic rings. The second kappa shape index (κ2) is 5.66. The Kier molecular flexibility index (Phi) is 3.55. The van der Waals surface area contributed by atoms with Crippen molar-refractivity contribution in [1.29, 1.82) is 0 Å². The van der Waals surface area contributed by atoms with Crippen LogP contribution in [0.5, 0.6) is 0 Å². The number of anilines is 1. The molecule has 21 heavy (non-hydrogen) atoms. The first kappa shape index (κ1) is 13.2. The molecule has 3 aromatic rings. The number of ether oxygens (including phenoxy) is 1. The number of carbonyl (C=O) groups is 1. The summed E-state index contributed by atoms with van der Waals surface area (Å²) >= 11 is 0. The predicted octanol–water partition coefficient (Wildman–Crippen LogP) is 2.45. The van der Waals surface area contributed by atoms with Crippen molar-refractivity contribution >= 4 is 23.2 Å². The minimum absolute atomic E-state index is 0.0695. The quantitative estimate of drug-likeness (QED) is 0.704. The van der Waals surface area contributed by atoms with E-state index < -0.39 is 0 Å². The van der Waals surface area contributed by atoms with Crippen molar-refractivity contribution in [3.63, 3.8) is 0 Å². The lowest BCUT2D eigenvalue weighted by atomic mass is 9.90. The number of rotatable bonds is 5. The monoisotopic (exact) mass is 281 g/mol. The maximum absolute atomic E-state index is 10.6. The number of H-pyrrole nitrogens is 1. The van der Waals surface area contributed by atoms with E-state index in [1.165, 1.54) is 0 Å². The Bertz CT molecular complexity index is 753. The molecule has 0 spiro atoms. The third-order valence-electron chi connectivity index (χ3n) is 3.57. The third kappa shape index (κ3) is 2.45. The first-order valence-electron chi connectivity index (χ1n) is 6.64. The summed E-state index contributed by atoms with van der Waals surface area (Å²) in [6, 6.07) is 15.7. The maximum atomic E-state index is 10.6. The van der Waals surface area contributed by atoms with E-state index in [2.05, 4.69) is 10.2 Å². The second-order valence-corrected chi connectivity index (χ2v) is 4.77. The van der Waals surface area contributed by atoms with Crippen molar-refractivity contribution in [2.75, 3.05) is 12.3 Å². The van der Waals surface area contributed by atoms with Crippen molar-refractivity contribution in [1.82, 2.24) is 10.2 Å². The number of nitrogens with one attached hydrogen (secondary N) is 1. The Morgan fingerprint density at radius 3 is 2.76 bits per heavy atom. The van der Waals surface area contributed by atoms with Crippen molar-refractivity contribution < 1.29 is 9.53 Å². The topological polar surface area (TPSA) is 81.0 Å². The average molecular weight is 281 g/mol. The minimum Gasteiger partial charge on any atom is -0.467 e. The molecule has 106 valence electrons. The number of hydrogen-bond donors (Lipinski definition) is 2. The summed E-state index contributed by atoms with van der Waals surface area (Å²) in [6.45, 7) is 0.739. The normalized spacial score (nSPS) is 12.2. The highest BCUT2D eigenvalue weighted by Gasteiger charge is 2.19. The van der Waals surface area contributed by atoms with Crippen LogP contribution in [-0.4, -0.2) is 23.3 Å². The number of nitrogen functional groups attached to an aromatic ring is 1. The largest absolute Gasteiger partial charge is 0.467 e. The first-order valence-corrected chi connectivity index (χ1v) is 6.64. The number of hydrogen-bond acceptors (Lipinski definition) is 4. The fraction of sp³-hybridized carbons (Fsp3) is 0.125. The van der Waals surface area contributed by atoms with Crippen LogP contribution in [0.4, 0.5) is 5.82 Å². The summed E-state index contributed by atoms with van der Waals surface area (Å²) in [5.74, 6) is 0.398. The molecule has 1 atom stereocenters. The fourth-order valence-corrected chi connectivity index (χ4v) is 2.56. The maximum Gasteiger partial charge on any atom is 0.293 e. The summed E-state index contributed by atoms with van der Waals surface area (Å²) in [6.07, 6.45) is 0. The zero-order valence-electron chi connectivity index (χ0n) is 11.3. The van der Waals surface area contributed by atoms with E-state index in [1.54, 1.807) is 0 Å². The molecule has 1 aromatic heterocycles. The van der Waals surface area contributed by atoms with Gasteiger partial charge in [-0.1, -0.05) is 42.5 Å². The predicted molar refractivity (Wildman–Crippen MR) is 80.8 cm³/mol. The van der Waals surface area contributed by atoms with E-state index in [0.717, 1.165) is 22.0 Å². The van der Waals surface area contributed by atoms with Crippen LogP contribution in [-0.2, 0) is 9.53 Å². The number of nitrogens with two attached hydrogens (primary N) is 1. The van der Waals surface area contributed by atoms with Crippen LogP contribution in [0, 0.1) is 0 Å². The lowest BCUT2D eigenvalue weighted by Gasteiger charge is -2.17. The third-order valence-corrected chi connectivity index (χ3v) is 3.57. The highest BCUT2D eigenvalue weighted by molar-refractivity contribution is 5.91. The van der Waals surface area contributed by atoms with Gasteiger partial charge in [-0.05, 0) is 17.2 Å². The van der Waals surface area contributed by atoms with Crippen LogP contribution >= 0.6 is 0 Å². The van der Waals surface area contributed by atoms with Crippen LogP contribution in [0.25, 0.3) is 10.9 Å². The molecule has 0 saturated heterocycles. The zero-order chi connectivity index (χ0) is 14.7. The smallest absolute Gasteiger partial charge is 0.293 e. The van der Waals surface area contributed by atoms with Crippen molar-refractivity contribution in [2.45, 2.75) is 5.92 Å². The van der Waals surface area contributed by atoms with E-state index in [0.29, 0.717) is 12.3 Å². The molecule has 0 saturated carbocycles. The zero-order valence-corrected chi connectivity index (χ0v) is 11.3. The lowest BCUT2D eigenvalue weighted by Crippen LogP contribution is -2.09. The van der Waals surface area contributed by atoms with Crippen LogP contribution in [0.3, 0.4) is 0 Å². The standard InChI is InChI=1S/C16H15N3O2/c17-16-13-8-4-7-12(15(13)18-19-16)14(9-21-10-20)11-5-2-1-3-6-11/h1-8,10,14H,9H2,(H3,17,18,19). The molecule has 1 unspecified atom stereocenters. The number of aromatic amines is 1. The summed E-state index contributed by atoms with van der Waals surface area (Å²) in [7, 11) is 0. The van der Waals surface area contributed by atoms with E-state index >= 15 is 0 Å². The number of nitrogens with zero attached hydrogens (tertiary/aromatic N) is 1. The van der Waals surface area contributed by atoms with Crippen molar-refractivity contribution in [2.24, 2.45) is 0 Å². The number of fused-ring (bicyclic) bond motifs is 1. The molecular weight excluding hydrogens is 266 g/mol. The molecular formula is C16H15N3O2. The molecule has 3 N–H and O–H groups in total. The Hall–Kier alpha value is -2.82. The molecule has 0 aliphatic carbocycles. The second-order valence-electron chi connectivity index (χ2n) is 4.77.